The maximum absolute atomic E-state index is 10.5. The number of fused-ring (bicyclic) bond motifs is 5. The molecule has 0 saturated heterocycles. The topological polar surface area (TPSA) is 60.7 Å². The summed E-state index contributed by atoms with van der Waals surface area (Å²) in [6.45, 7) is 2.57. The molecule has 22 heavy (non-hydrogen) atoms. The molecule has 0 aliphatic heterocycles. The maximum Gasteiger partial charge on any atom is 0.0724 e. The van der Waals surface area contributed by atoms with Crippen molar-refractivity contribution in [1.29, 1.82) is 0 Å². The standard InChI is InChI=1S/C19H30O3/c1-18-8-6-13(21)10-12(18)2-3-14-15(18)7-9-19(11-20)16(14)4-5-17(19)22/h10,13-17,20-22H,2-9,11H2,1H3/t13?,14-,15+,16+,17?,18+,19-/m1/s1. The third-order valence-corrected chi connectivity index (χ3v) is 8.05. The first kappa shape index (κ1) is 15.2. The second kappa shape index (κ2) is 5.06. The van der Waals surface area contributed by atoms with E-state index in [2.05, 4.69) is 13.0 Å². The minimum absolute atomic E-state index is 0.153. The third kappa shape index (κ3) is 1.85. The van der Waals surface area contributed by atoms with Crippen molar-refractivity contribution in [2.45, 2.75) is 70.5 Å². The van der Waals surface area contributed by atoms with Gasteiger partial charge in [-0.25, -0.2) is 0 Å². The molecule has 2 unspecified atom stereocenters. The molecule has 3 N–H and O–H groups in total. The lowest BCUT2D eigenvalue weighted by molar-refractivity contribution is -0.108. The molecule has 4 aliphatic carbocycles. The molecule has 0 spiro atoms. The van der Waals surface area contributed by atoms with Gasteiger partial charge in [-0.2, -0.15) is 0 Å². The van der Waals surface area contributed by atoms with Gasteiger partial charge in [0, 0.05) is 5.41 Å². The summed E-state index contributed by atoms with van der Waals surface area (Å²) in [6.07, 6.45) is 9.91. The van der Waals surface area contributed by atoms with Gasteiger partial charge in [0.05, 0.1) is 18.8 Å². The molecule has 7 atom stereocenters. The van der Waals surface area contributed by atoms with Gasteiger partial charge in [0.15, 0.2) is 0 Å². The molecule has 124 valence electrons. The van der Waals surface area contributed by atoms with Gasteiger partial charge in [0.2, 0.25) is 0 Å². The highest BCUT2D eigenvalue weighted by Gasteiger charge is 2.60. The Bertz CT molecular complexity index is 487. The largest absolute Gasteiger partial charge is 0.396 e. The molecule has 0 bridgehead atoms. The van der Waals surface area contributed by atoms with E-state index in [1.165, 1.54) is 12.0 Å². The lowest BCUT2D eigenvalue weighted by Gasteiger charge is -2.58. The average molecular weight is 306 g/mol. The second-order valence-corrected chi connectivity index (χ2v) is 8.65. The van der Waals surface area contributed by atoms with Crippen LogP contribution in [-0.4, -0.2) is 34.1 Å². The van der Waals surface area contributed by atoms with Crippen molar-refractivity contribution in [1.82, 2.24) is 0 Å². The quantitative estimate of drug-likeness (QED) is 0.653. The van der Waals surface area contributed by atoms with E-state index < -0.39 is 0 Å². The molecular formula is C19H30O3. The second-order valence-electron chi connectivity index (χ2n) is 8.65. The van der Waals surface area contributed by atoms with E-state index in [1.807, 2.05) is 0 Å². The Morgan fingerprint density at radius 1 is 1.05 bits per heavy atom. The van der Waals surface area contributed by atoms with Gasteiger partial charge in [-0.3, -0.25) is 0 Å². The van der Waals surface area contributed by atoms with Crippen LogP contribution in [0.4, 0.5) is 0 Å². The molecule has 3 saturated carbocycles. The summed E-state index contributed by atoms with van der Waals surface area (Å²) in [5.41, 5.74) is 1.52. The van der Waals surface area contributed by atoms with Gasteiger partial charge < -0.3 is 15.3 Å². The molecule has 0 aromatic heterocycles. The molecule has 3 nitrogen and oxygen atoms in total. The van der Waals surface area contributed by atoms with E-state index in [1.54, 1.807) is 0 Å². The predicted molar refractivity (Wildman–Crippen MR) is 85.1 cm³/mol. The molecule has 4 rings (SSSR count). The van der Waals surface area contributed by atoms with E-state index in [0.717, 1.165) is 44.9 Å². The predicted octanol–water partition coefficient (Wildman–Crippen LogP) is 2.64. The number of allylic oxidation sites excluding steroid dienone is 1. The summed E-state index contributed by atoms with van der Waals surface area (Å²) in [5.74, 6) is 1.82. The van der Waals surface area contributed by atoms with Crippen molar-refractivity contribution in [3.05, 3.63) is 11.6 Å². The van der Waals surface area contributed by atoms with Crippen LogP contribution in [0.2, 0.25) is 0 Å². The van der Waals surface area contributed by atoms with Crippen LogP contribution in [0.15, 0.2) is 11.6 Å². The lowest BCUT2D eigenvalue weighted by atomic mass is 9.47. The fraction of sp³-hybridized carbons (Fsp3) is 0.895. The summed E-state index contributed by atoms with van der Waals surface area (Å²) < 4.78 is 0. The normalized spacial score (nSPS) is 54.2. The van der Waals surface area contributed by atoms with Crippen LogP contribution < -0.4 is 0 Å². The van der Waals surface area contributed by atoms with Crippen molar-refractivity contribution in [2.75, 3.05) is 6.61 Å². The molecule has 3 fully saturated rings. The lowest BCUT2D eigenvalue weighted by Crippen LogP contribution is -2.53. The first-order valence-electron chi connectivity index (χ1n) is 9.19. The average Bonchev–Trinajstić information content (AvgIpc) is 2.86. The Morgan fingerprint density at radius 2 is 1.86 bits per heavy atom. The Kier molecular flexibility index (Phi) is 3.49. The SMILES string of the molecule is C[C@]12CCC(O)C=C1CC[C@H]1[C@@H]3CCC(O)[C@@]3(CO)CC[C@@H]12. The van der Waals surface area contributed by atoms with Crippen LogP contribution >= 0.6 is 0 Å². The van der Waals surface area contributed by atoms with E-state index in [9.17, 15) is 15.3 Å². The summed E-state index contributed by atoms with van der Waals surface area (Å²) in [7, 11) is 0. The van der Waals surface area contributed by atoms with Crippen LogP contribution in [-0.2, 0) is 0 Å². The van der Waals surface area contributed by atoms with Crippen molar-refractivity contribution >= 4 is 0 Å². The molecule has 0 aromatic carbocycles. The van der Waals surface area contributed by atoms with Crippen LogP contribution in [0.25, 0.3) is 0 Å². The molecule has 4 aliphatic rings. The van der Waals surface area contributed by atoms with E-state index in [-0.39, 0.29) is 29.6 Å². The Labute approximate surface area is 133 Å². The van der Waals surface area contributed by atoms with Crippen LogP contribution in [0.3, 0.4) is 0 Å². The fourth-order valence-corrected chi connectivity index (χ4v) is 6.79. The highest BCUT2D eigenvalue weighted by Crippen LogP contribution is 2.65. The molecule has 0 amide bonds. The first-order valence-corrected chi connectivity index (χ1v) is 9.19. The molecule has 0 radical (unpaired) electrons. The summed E-state index contributed by atoms with van der Waals surface area (Å²) in [4.78, 5) is 0. The van der Waals surface area contributed by atoms with Crippen LogP contribution in [0.1, 0.15) is 58.3 Å². The van der Waals surface area contributed by atoms with E-state index in [0.29, 0.717) is 17.8 Å². The molecule has 3 heteroatoms. The van der Waals surface area contributed by atoms with Crippen molar-refractivity contribution in [3.8, 4) is 0 Å². The van der Waals surface area contributed by atoms with E-state index in [4.69, 9.17) is 0 Å². The number of hydrogen-bond acceptors (Lipinski definition) is 3. The third-order valence-electron chi connectivity index (χ3n) is 8.05. The van der Waals surface area contributed by atoms with Gasteiger partial charge in [0.1, 0.15) is 0 Å². The zero-order chi connectivity index (χ0) is 15.5. The van der Waals surface area contributed by atoms with Gasteiger partial charge in [-0.05, 0) is 74.5 Å². The van der Waals surface area contributed by atoms with Crippen molar-refractivity contribution < 1.29 is 15.3 Å². The van der Waals surface area contributed by atoms with Gasteiger partial charge in [0.25, 0.3) is 0 Å². The van der Waals surface area contributed by atoms with Gasteiger partial charge in [-0.1, -0.05) is 18.6 Å². The fourth-order valence-electron chi connectivity index (χ4n) is 6.79. The Morgan fingerprint density at radius 3 is 2.64 bits per heavy atom. The Balaban J connectivity index is 1.68. The molecule has 0 heterocycles. The highest BCUT2D eigenvalue weighted by atomic mass is 16.3. The smallest absolute Gasteiger partial charge is 0.0724 e. The Hall–Kier alpha value is -0.380. The minimum atomic E-state index is -0.304. The van der Waals surface area contributed by atoms with Gasteiger partial charge in [-0.15, -0.1) is 0 Å². The summed E-state index contributed by atoms with van der Waals surface area (Å²) in [6, 6.07) is 0. The molecular weight excluding hydrogens is 276 g/mol. The first-order chi connectivity index (χ1) is 10.5. The van der Waals surface area contributed by atoms with E-state index >= 15 is 0 Å². The monoisotopic (exact) mass is 306 g/mol. The zero-order valence-corrected chi connectivity index (χ0v) is 13.7. The van der Waals surface area contributed by atoms with Gasteiger partial charge >= 0.3 is 0 Å². The van der Waals surface area contributed by atoms with Crippen LogP contribution in [0, 0.1) is 28.6 Å². The summed E-state index contributed by atoms with van der Waals surface area (Å²) in [5, 5.41) is 30.5. The van der Waals surface area contributed by atoms with Crippen molar-refractivity contribution in [2.24, 2.45) is 28.6 Å². The highest BCUT2D eigenvalue weighted by molar-refractivity contribution is 5.25. The number of aliphatic hydroxyl groups excluding tert-OH is 3. The molecule has 0 aromatic rings. The number of rotatable bonds is 1. The maximum atomic E-state index is 10.5. The number of hydrogen-bond donors (Lipinski definition) is 3. The summed E-state index contributed by atoms with van der Waals surface area (Å²) >= 11 is 0. The van der Waals surface area contributed by atoms with Crippen molar-refractivity contribution in [3.63, 3.8) is 0 Å². The van der Waals surface area contributed by atoms with Crippen LogP contribution in [0.5, 0.6) is 0 Å². The minimum Gasteiger partial charge on any atom is -0.396 e. The number of aliphatic hydroxyl groups is 3. The zero-order valence-electron chi connectivity index (χ0n) is 13.7.